The van der Waals surface area contributed by atoms with Gasteiger partial charge in [0, 0.05) is 37.1 Å². The predicted octanol–water partition coefficient (Wildman–Crippen LogP) is 3.33. The lowest BCUT2D eigenvalue weighted by molar-refractivity contribution is 0.0649. The predicted molar refractivity (Wildman–Crippen MR) is 114 cm³/mol. The van der Waals surface area contributed by atoms with E-state index in [1.807, 2.05) is 41.3 Å². The van der Waals surface area contributed by atoms with Crippen molar-refractivity contribution in [2.75, 3.05) is 45.6 Å². The number of hydrogen-bond donors (Lipinski definition) is 1. The molecule has 2 N–H and O–H groups in total. The summed E-state index contributed by atoms with van der Waals surface area (Å²) in [6, 6.07) is 11.7. The molecule has 2 aromatic heterocycles. The number of rotatable bonds is 4. The standard InChI is InChI=1S/C21H24N4O2S/c1-3-24-10-12-25(13-11-24)21(26)19-18(22)16-8-9-17(23-20(16)28-19)14-4-6-15(27-2)7-5-14/h4-9H,3,10-13,22H2,1-2H3. The van der Waals surface area contributed by atoms with Crippen LogP contribution in [0.4, 0.5) is 5.69 Å². The molecule has 1 aliphatic heterocycles. The van der Waals surface area contributed by atoms with E-state index in [-0.39, 0.29) is 5.91 Å². The molecule has 4 rings (SSSR count). The van der Waals surface area contributed by atoms with Gasteiger partial charge in [-0.3, -0.25) is 4.79 Å². The monoisotopic (exact) mass is 396 g/mol. The number of benzene rings is 1. The van der Waals surface area contributed by atoms with Crippen LogP contribution < -0.4 is 10.5 Å². The Morgan fingerprint density at radius 3 is 2.50 bits per heavy atom. The van der Waals surface area contributed by atoms with Crippen molar-refractivity contribution in [1.29, 1.82) is 0 Å². The van der Waals surface area contributed by atoms with Crippen LogP contribution in [0.1, 0.15) is 16.6 Å². The molecule has 0 saturated carbocycles. The average Bonchev–Trinajstić information content (AvgIpc) is 3.09. The molecule has 1 aromatic carbocycles. The molecule has 0 bridgehead atoms. The number of anilines is 1. The van der Waals surface area contributed by atoms with Gasteiger partial charge in [-0.1, -0.05) is 6.92 Å². The van der Waals surface area contributed by atoms with E-state index in [9.17, 15) is 4.79 Å². The van der Waals surface area contributed by atoms with E-state index < -0.39 is 0 Å². The van der Waals surface area contributed by atoms with E-state index >= 15 is 0 Å². The average molecular weight is 397 g/mol. The summed E-state index contributed by atoms with van der Waals surface area (Å²) in [5, 5.41) is 0.845. The molecule has 0 radical (unpaired) electrons. The van der Waals surface area contributed by atoms with E-state index in [1.54, 1.807) is 7.11 Å². The summed E-state index contributed by atoms with van der Waals surface area (Å²) in [6.45, 7) is 6.47. The number of fused-ring (bicyclic) bond motifs is 1. The quantitative estimate of drug-likeness (QED) is 0.732. The molecule has 3 aromatic rings. The van der Waals surface area contributed by atoms with Gasteiger partial charge in [-0.15, -0.1) is 11.3 Å². The molecule has 0 spiro atoms. The van der Waals surface area contributed by atoms with Crippen molar-refractivity contribution in [2.45, 2.75) is 6.92 Å². The van der Waals surface area contributed by atoms with Crippen LogP contribution in [-0.2, 0) is 0 Å². The van der Waals surface area contributed by atoms with Crippen molar-refractivity contribution in [3.05, 3.63) is 41.3 Å². The minimum absolute atomic E-state index is 0.0160. The van der Waals surface area contributed by atoms with E-state index in [1.165, 1.54) is 11.3 Å². The summed E-state index contributed by atoms with van der Waals surface area (Å²) < 4.78 is 5.21. The van der Waals surface area contributed by atoms with Crippen molar-refractivity contribution in [3.63, 3.8) is 0 Å². The van der Waals surface area contributed by atoms with Crippen molar-refractivity contribution < 1.29 is 9.53 Å². The molecule has 1 aliphatic rings. The van der Waals surface area contributed by atoms with Crippen LogP contribution in [0.25, 0.3) is 21.5 Å². The third kappa shape index (κ3) is 3.43. The van der Waals surface area contributed by atoms with Gasteiger partial charge in [-0.2, -0.15) is 0 Å². The Morgan fingerprint density at radius 2 is 1.86 bits per heavy atom. The molecule has 7 heteroatoms. The molecule has 0 unspecified atom stereocenters. The van der Waals surface area contributed by atoms with Crippen LogP contribution >= 0.6 is 11.3 Å². The highest BCUT2D eigenvalue weighted by molar-refractivity contribution is 7.21. The Balaban J connectivity index is 1.62. The third-order valence-corrected chi connectivity index (χ3v) is 6.38. The molecular formula is C21H24N4O2S. The van der Waals surface area contributed by atoms with Crippen molar-refractivity contribution in [3.8, 4) is 17.0 Å². The van der Waals surface area contributed by atoms with Crippen LogP contribution in [0.3, 0.4) is 0 Å². The van der Waals surface area contributed by atoms with Gasteiger partial charge in [-0.05, 0) is 42.9 Å². The Hall–Kier alpha value is -2.64. The Labute approximate surface area is 168 Å². The number of thiophene rings is 1. The number of nitrogens with zero attached hydrogens (tertiary/aromatic N) is 3. The van der Waals surface area contributed by atoms with Crippen molar-refractivity contribution in [1.82, 2.24) is 14.8 Å². The number of carbonyl (C=O) groups is 1. The van der Waals surface area contributed by atoms with Crippen LogP contribution in [0.15, 0.2) is 36.4 Å². The maximum absolute atomic E-state index is 13.0. The fraction of sp³-hybridized carbons (Fsp3) is 0.333. The molecular weight excluding hydrogens is 372 g/mol. The zero-order valence-corrected chi connectivity index (χ0v) is 17.0. The van der Waals surface area contributed by atoms with Crippen molar-refractivity contribution >= 4 is 33.1 Å². The number of pyridine rings is 1. The summed E-state index contributed by atoms with van der Waals surface area (Å²) in [6.07, 6.45) is 0. The molecule has 1 amide bonds. The first kappa shape index (κ1) is 18.7. The van der Waals surface area contributed by atoms with E-state index in [0.29, 0.717) is 10.6 Å². The number of nitrogen functional groups attached to an aromatic ring is 1. The largest absolute Gasteiger partial charge is 0.497 e. The normalized spacial score (nSPS) is 15.1. The molecule has 1 saturated heterocycles. The minimum Gasteiger partial charge on any atom is -0.497 e. The minimum atomic E-state index is 0.0160. The number of aromatic nitrogens is 1. The summed E-state index contributed by atoms with van der Waals surface area (Å²) in [5.41, 5.74) is 8.71. The zero-order valence-electron chi connectivity index (χ0n) is 16.1. The second kappa shape index (κ2) is 7.77. The van der Waals surface area contributed by atoms with E-state index in [2.05, 4.69) is 11.8 Å². The van der Waals surface area contributed by atoms with Gasteiger partial charge in [-0.25, -0.2) is 4.98 Å². The number of nitrogens with two attached hydrogens (primary N) is 1. The number of likely N-dealkylation sites (N-methyl/N-ethyl adjacent to an activating group) is 1. The zero-order chi connectivity index (χ0) is 19.7. The smallest absolute Gasteiger partial charge is 0.266 e. The fourth-order valence-electron chi connectivity index (χ4n) is 3.49. The van der Waals surface area contributed by atoms with Gasteiger partial charge in [0.25, 0.3) is 5.91 Å². The molecule has 1 fully saturated rings. The van der Waals surface area contributed by atoms with Crippen LogP contribution in [-0.4, -0.2) is 60.5 Å². The van der Waals surface area contributed by atoms with Gasteiger partial charge in [0.1, 0.15) is 15.5 Å². The first-order chi connectivity index (χ1) is 13.6. The highest BCUT2D eigenvalue weighted by Crippen LogP contribution is 2.35. The molecule has 0 aliphatic carbocycles. The number of hydrogen-bond acceptors (Lipinski definition) is 6. The summed E-state index contributed by atoms with van der Waals surface area (Å²) in [7, 11) is 1.65. The fourth-order valence-corrected chi connectivity index (χ4v) is 4.55. The lowest BCUT2D eigenvalue weighted by Gasteiger charge is -2.33. The lowest BCUT2D eigenvalue weighted by atomic mass is 10.1. The number of amides is 1. The van der Waals surface area contributed by atoms with Crippen LogP contribution in [0, 0.1) is 0 Å². The first-order valence-corrected chi connectivity index (χ1v) is 10.3. The number of methoxy groups -OCH3 is 1. The molecule has 146 valence electrons. The lowest BCUT2D eigenvalue weighted by Crippen LogP contribution is -2.48. The van der Waals surface area contributed by atoms with Gasteiger partial charge in [0.15, 0.2) is 0 Å². The Bertz CT molecular complexity index is 992. The highest BCUT2D eigenvalue weighted by atomic mass is 32.1. The maximum Gasteiger partial charge on any atom is 0.266 e. The highest BCUT2D eigenvalue weighted by Gasteiger charge is 2.25. The van der Waals surface area contributed by atoms with E-state index in [0.717, 1.165) is 59.9 Å². The topological polar surface area (TPSA) is 71.7 Å². The maximum atomic E-state index is 13.0. The third-order valence-electron chi connectivity index (χ3n) is 5.28. The summed E-state index contributed by atoms with van der Waals surface area (Å²) >= 11 is 1.38. The molecule has 0 atom stereocenters. The van der Waals surface area contributed by atoms with Crippen molar-refractivity contribution in [2.24, 2.45) is 0 Å². The number of carbonyl (C=O) groups excluding carboxylic acids is 1. The Kier molecular flexibility index (Phi) is 5.19. The first-order valence-electron chi connectivity index (χ1n) is 9.45. The summed E-state index contributed by atoms with van der Waals surface area (Å²) in [4.78, 5) is 23.4. The van der Waals surface area contributed by atoms with Gasteiger partial charge in [0.05, 0.1) is 18.5 Å². The van der Waals surface area contributed by atoms with Crippen LogP contribution in [0.2, 0.25) is 0 Å². The molecule has 3 heterocycles. The second-order valence-corrected chi connectivity index (χ2v) is 7.85. The Morgan fingerprint density at radius 1 is 1.14 bits per heavy atom. The van der Waals surface area contributed by atoms with Crippen LogP contribution in [0.5, 0.6) is 5.75 Å². The summed E-state index contributed by atoms with van der Waals surface area (Å²) in [5.74, 6) is 0.823. The van der Waals surface area contributed by atoms with Gasteiger partial charge in [0.2, 0.25) is 0 Å². The van der Waals surface area contributed by atoms with Gasteiger partial charge >= 0.3 is 0 Å². The SMILES string of the molecule is CCN1CCN(C(=O)c2sc3nc(-c4ccc(OC)cc4)ccc3c2N)CC1. The molecule has 6 nitrogen and oxygen atoms in total. The van der Waals surface area contributed by atoms with E-state index in [4.69, 9.17) is 15.5 Å². The molecule has 28 heavy (non-hydrogen) atoms. The second-order valence-electron chi connectivity index (χ2n) is 6.85. The number of piperazine rings is 1. The van der Waals surface area contributed by atoms with Gasteiger partial charge < -0.3 is 20.3 Å². The number of ether oxygens (including phenoxy) is 1.